The number of hydrogen-bond donors (Lipinski definition) is 4. The maximum atomic E-state index is 11.4. The predicted octanol–water partition coefficient (Wildman–Crippen LogP) is 4.52. The van der Waals surface area contributed by atoms with Crippen molar-refractivity contribution in [3.05, 3.63) is 38.5 Å². The van der Waals surface area contributed by atoms with Crippen LogP contribution in [0.15, 0.2) is 38.5 Å². The third kappa shape index (κ3) is 72.1. The van der Waals surface area contributed by atoms with Gasteiger partial charge in [0.15, 0.2) is 0 Å². The lowest BCUT2D eigenvalue weighted by molar-refractivity contribution is -0.870. The highest BCUT2D eigenvalue weighted by Crippen LogP contribution is 2.56. The smallest absolute Gasteiger partial charge is 0.475 e. The summed E-state index contributed by atoms with van der Waals surface area (Å²) in [6, 6.07) is 3.50. The van der Waals surface area contributed by atoms with E-state index < -0.39 is 40.9 Å². The normalized spacial score (nSPS) is 14.2. The topological polar surface area (TPSA) is 328 Å². The number of halogens is 1. The van der Waals surface area contributed by atoms with E-state index in [9.17, 15) is 33.0 Å². The first-order valence-corrected chi connectivity index (χ1v) is 24.7. The lowest BCUT2D eigenvalue weighted by atomic mass is 10.5. The molecule has 26 nitrogen and oxygen atoms in total. The summed E-state index contributed by atoms with van der Waals surface area (Å²) in [4.78, 5) is 47.3. The van der Waals surface area contributed by atoms with E-state index in [1.807, 2.05) is 47.2 Å². The zero-order valence-electron chi connectivity index (χ0n) is 40.1. The Bertz CT molecular complexity index is 1460. The average molecular weight is 1040 g/mol. The second kappa shape index (κ2) is 49.4. The highest BCUT2D eigenvalue weighted by atomic mass is 35.7. The van der Waals surface area contributed by atoms with Crippen LogP contribution in [0, 0.1) is 22.7 Å². The Hall–Kier alpha value is -3.49. The molecule has 388 valence electrons. The standard InChI is InChI=1S/C10H21N2O6P.C7H12NO6P.C5H9NO3.C5H13N.C3H9N.C2H4ClO3P.2C2H3N/c1-5-16-10(13)11-6-8-17-19(14,15)18-9-7-12(2,3)4;1-2-11-7(9)8-3-4-12-15(10)13-5-6-14-15;1-2-9-5(8)6-3-4-7;1-4-5-6(2)3;1-4(2)3;3-7(4)5-1-2-6-7;2*1-2-3/h5H,1,6-9H2,2-4H3,(H-,11,13,14,15);2H,1,3-6H2,(H,8,9);2,7H,1,3-4H2,(H,6,8);4-5H2,1-3H3;1-3H3;1-2H2;2*1H3. The van der Waals surface area contributed by atoms with Crippen LogP contribution in [0.1, 0.15) is 27.2 Å². The first-order chi connectivity index (χ1) is 30.7. The van der Waals surface area contributed by atoms with Crippen molar-refractivity contribution < 1.29 is 88.4 Å². The fourth-order valence-corrected chi connectivity index (χ4v) is 5.69. The van der Waals surface area contributed by atoms with E-state index in [1.165, 1.54) is 26.8 Å². The second-order valence-corrected chi connectivity index (χ2v) is 18.7. The van der Waals surface area contributed by atoms with Crippen molar-refractivity contribution in [2.75, 3.05) is 142 Å². The molecule has 3 amide bonds. The van der Waals surface area contributed by atoms with Crippen LogP contribution in [0.25, 0.3) is 0 Å². The van der Waals surface area contributed by atoms with Gasteiger partial charge in [0.05, 0.1) is 98.3 Å². The summed E-state index contributed by atoms with van der Waals surface area (Å²) in [7, 11) is 8.23. The number of carbonyl (C=O) groups excluding carboxylic acids is 3. The number of aliphatic hydroxyl groups excluding tert-OH is 1. The predicted molar refractivity (Wildman–Crippen MR) is 245 cm³/mol. The zero-order valence-corrected chi connectivity index (χ0v) is 43.5. The molecule has 0 saturated carbocycles. The molecule has 0 radical (unpaired) electrons. The zero-order chi connectivity index (χ0) is 52.5. The van der Waals surface area contributed by atoms with E-state index in [4.69, 9.17) is 40.4 Å². The summed E-state index contributed by atoms with van der Waals surface area (Å²) >= 11 is 5.08. The minimum absolute atomic E-state index is 0.0163. The van der Waals surface area contributed by atoms with Crippen molar-refractivity contribution in [1.29, 1.82) is 10.5 Å². The molecule has 0 bridgehead atoms. The maximum Gasteiger partial charge on any atom is 0.475 e. The first-order valence-electron chi connectivity index (χ1n) is 19.3. The van der Waals surface area contributed by atoms with Crippen molar-refractivity contribution >= 4 is 52.1 Å². The molecule has 2 heterocycles. The molecule has 0 aromatic carbocycles. The van der Waals surface area contributed by atoms with E-state index in [1.54, 1.807) is 12.1 Å². The number of alkyl carbamates (subject to hydrolysis) is 3. The van der Waals surface area contributed by atoms with Crippen molar-refractivity contribution in [3.63, 3.8) is 0 Å². The van der Waals surface area contributed by atoms with Crippen molar-refractivity contribution in [3.8, 4) is 12.1 Å². The van der Waals surface area contributed by atoms with Crippen LogP contribution >= 0.6 is 33.8 Å². The van der Waals surface area contributed by atoms with Gasteiger partial charge in [-0.3, -0.25) is 27.2 Å². The van der Waals surface area contributed by atoms with Gasteiger partial charge >= 0.3 is 33.1 Å². The fraction of sp³-hybridized carbons (Fsp3) is 0.694. The maximum absolute atomic E-state index is 11.4. The lowest BCUT2D eigenvalue weighted by Crippen LogP contribution is -2.37. The Morgan fingerprint density at radius 2 is 1.14 bits per heavy atom. The van der Waals surface area contributed by atoms with Crippen molar-refractivity contribution in [1.82, 2.24) is 25.8 Å². The SMILES string of the molecule is C=COC(=O)NCCO.C=COC(=O)NCCOP(=O)([O-])OCC[N+](C)(C)C.C=COC(=O)NCCOP1(=O)OCCO1.CC#N.CC#N.CCCN(C)C.CN(C)C.O=P1(Cl)OCCO1. The summed E-state index contributed by atoms with van der Waals surface area (Å²) < 4.78 is 79.0. The Morgan fingerprint density at radius 1 is 0.788 bits per heavy atom. The van der Waals surface area contributed by atoms with Gasteiger partial charge in [0.2, 0.25) is 0 Å². The molecule has 0 aromatic heterocycles. The molecule has 2 rings (SSSR count). The number of nitriles is 2. The van der Waals surface area contributed by atoms with Gasteiger partial charge in [0.1, 0.15) is 13.2 Å². The number of ether oxygens (including phenoxy) is 3. The molecular formula is C36H74ClN8O18P3. The quantitative estimate of drug-likeness (QED) is 0.0454. The van der Waals surface area contributed by atoms with Gasteiger partial charge in [-0.05, 0) is 48.2 Å². The molecule has 1 atom stereocenters. The third-order valence-corrected chi connectivity index (χ3v) is 9.09. The molecule has 66 heavy (non-hydrogen) atoms. The number of amides is 3. The number of nitrogens with zero attached hydrogens (tertiary/aromatic N) is 5. The summed E-state index contributed by atoms with van der Waals surface area (Å²) in [5.41, 5.74) is 0. The van der Waals surface area contributed by atoms with Crippen molar-refractivity contribution in [2.45, 2.75) is 27.2 Å². The number of nitrogens with one attached hydrogen (secondary N) is 3. The number of phosphoric ester groups is 2. The molecule has 0 aromatic rings. The first kappa shape index (κ1) is 74.1. The monoisotopic (exact) mass is 1030 g/mol. The van der Waals surface area contributed by atoms with Crippen LogP contribution in [-0.4, -0.2) is 180 Å². The molecular weight excluding hydrogens is 961 g/mol. The van der Waals surface area contributed by atoms with Crippen LogP contribution < -0.4 is 20.8 Å². The number of aliphatic hydroxyl groups is 1. The summed E-state index contributed by atoms with van der Waals surface area (Å²) in [5.74, 6) is 0. The number of carbonyl (C=O) groups is 3. The molecule has 2 aliphatic heterocycles. The van der Waals surface area contributed by atoms with Crippen LogP contribution in [-0.2, 0) is 59.6 Å². The van der Waals surface area contributed by atoms with Gasteiger partial charge in [-0.25, -0.2) is 23.5 Å². The van der Waals surface area contributed by atoms with Crippen LogP contribution in [0.4, 0.5) is 14.4 Å². The van der Waals surface area contributed by atoms with E-state index in [2.05, 4.69) is 93.9 Å². The molecule has 0 aliphatic carbocycles. The number of hydrogen-bond acceptors (Lipinski definition) is 22. The third-order valence-electron chi connectivity index (χ3n) is 5.03. The lowest BCUT2D eigenvalue weighted by Gasteiger charge is -2.27. The Kier molecular flexibility index (Phi) is 55.5. The molecule has 30 heteroatoms. The summed E-state index contributed by atoms with van der Waals surface area (Å²) in [5, 5.41) is 29.7. The molecule has 4 N–H and O–H groups in total. The molecule has 1 unspecified atom stereocenters. The second-order valence-electron chi connectivity index (χ2n) is 13.0. The van der Waals surface area contributed by atoms with Crippen LogP contribution in [0.5, 0.6) is 0 Å². The highest BCUT2D eigenvalue weighted by molar-refractivity contribution is 7.81. The average Bonchev–Trinajstić information content (AvgIpc) is 3.82. The Morgan fingerprint density at radius 3 is 1.42 bits per heavy atom. The molecule has 2 fully saturated rings. The fourth-order valence-electron chi connectivity index (χ4n) is 2.78. The van der Waals surface area contributed by atoms with Crippen LogP contribution in [0.3, 0.4) is 0 Å². The van der Waals surface area contributed by atoms with E-state index >= 15 is 0 Å². The van der Waals surface area contributed by atoms with Gasteiger partial charge in [-0.1, -0.05) is 26.7 Å². The van der Waals surface area contributed by atoms with E-state index in [-0.39, 0.29) is 59.3 Å². The number of quaternary nitrogens is 1. The highest BCUT2D eigenvalue weighted by Gasteiger charge is 2.31. The number of phosphoric acid groups is 2. The summed E-state index contributed by atoms with van der Waals surface area (Å²) in [6.45, 7) is 14.5. The minimum atomic E-state index is -4.33. The Labute approximate surface area is 395 Å². The van der Waals surface area contributed by atoms with Gasteiger partial charge in [-0.2, -0.15) is 10.5 Å². The van der Waals surface area contributed by atoms with Gasteiger partial charge in [0, 0.05) is 44.7 Å². The number of rotatable bonds is 19. The largest absolute Gasteiger partial charge is 0.756 e. The molecule has 2 saturated heterocycles. The van der Waals surface area contributed by atoms with Gasteiger partial charge in [-0.15, -0.1) is 0 Å². The molecule has 2 aliphatic rings. The van der Waals surface area contributed by atoms with E-state index in [0.717, 1.165) is 18.8 Å². The van der Waals surface area contributed by atoms with Gasteiger partial charge in [0.25, 0.3) is 7.82 Å². The van der Waals surface area contributed by atoms with Gasteiger partial charge < -0.3 is 63.5 Å². The Balaban J connectivity index is -0.000000170. The summed E-state index contributed by atoms with van der Waals surface area (Å²) in [6.07, 6.45) is 2.26. The number of likely N-dealkylation sites (N-methyl/N-ethyl adjacent to an activating group) is 1. The van der Waals surface area contributed by atoms with E-state index in [0.29, 0.717) is 24.2 Å². The minimum Gasteiger partial charge on any atom is -0.756 e. The van der Waals surface area contributed by atoms with Crippen molar-refractivity contribution in [2.24, 2.45) is 0 Å². The van der Waals surface area contributed by atoms with Crippen LogP contribution in [0.2, 0.25) is 0 Å². The molecule has 0 spiro atoms.